The summed E-state index contributed by atoms with van der Waals surface area (Å²) < 4.78 is 21.0. The van der Waals surface area contributed by atoms with Crippen LogP contribution >= 0.6 is 0 Å². The predicted molar refractivity (Wildman–Crippen MR) is 71.7 cm³/mol. The summed E-state index contributed by atoms with van der Waals surface area (Å²) in [6.45, 7) is 2.36. The molecular weight excluding hydrogens is 248 g/mol. The van der Waals surface area contributed by atoms with E-state index in [1.807, 2.05) is 0 Å². The zero-order valence-corrected chi connectivity index (χ0v) is 11.6. The van der Waals surface area contributed by atoms with Crippen LogP contribution in [0.1, 0.15) is 12.0 Å². The lowest BCUT2D eigenvalue weighted by molar-refractivity contribution is 0.0643. The lowest BCUT2D eigenvalue weighted by Crippen LogP contribution is -2.07. The molecule has 5 nitrogen and oxygen atoms in total. The van der Waals surface area contributed by atoms with Gasteiger partial charge in [0, 0.05) is 20.1 Å². The Morgan fingerprint density at radius 2 is 1.84 bits per heavy atom. The highest BCUT2D eigenvalue weighted by Gasteiger charge is 2.05. The number of ether oxygens (including phenoxy) is 4. The van der Waals surface area contributed by atoms with Crippen molar-refractivity contribution in [3.05, 3.63) is 23.8 Å². The molecule has 19 heavy (non-hydrogen) atoms. The van der Waals surface area contributed by atoms with Crippen LogP contribution in [0.15, 0.2) is 18.2 Å². The Morgan fingerprint density at radius 1 is 1.00 bits per heavy atom. The second-order valence-corrected chi connectivity index (χ2v) is 3.95. The van der Waals surface area contributed by atoms with Gasteiger partial charge >= 0.3 is 0 Å². The molecule has 0 radical (unpaired) electrons. The Labute approximate surface area is 114 Å². The lowest BCUT2D eigenvalue weighted by Gasteiger charge is -2.11. The molecule has 0 aromatic heterocycles. The largest absolute Gasteiger partial charge is 0.493 e. The van der Waals surface area contributed by atoms with Gasteiger partial charge in [0.25, 0.3) is 0 Å². The first-order chi connectivity index (χ1) is 9.31. The fourth-order valence-corrected chi connectivity index (χ4v) is 1.52. The molecular formula is C14H22O5. The van der Waals surface area contributed by atoms with Crippen molar-refractivity contribution in [3.63, 3.8) is 0 Å². The van der Waals surface area contributed by atoms with Crippen LogP contribution in [0, 0.1) is 0 Å². The van der Waals surface area contributed by atoms with E-state index in [1.165, 1.54) is 0 Å². The van der Waals surface area contributed by atoms with Gasteiger partial charge in [-0.05, 0) is 17.7 Å². The Morgan fingerprint density at radius 3 is 2.53 bits per heavy atom. The third-order valence-electron chi connectivity index (χ3n) is 2.53. The molecule has 0 heterocycles. The molecule has 0 aliphatic rings. The molecule has 1 N–H and O–H groups in total. The third-order valence-corrected chi connectivity index (χ3v) is 2.53. The highest BCUT2D eigenvalue weighted by atomic mass is 16.5. The maximum atomic E-state index is 9.09. The monoisotopic (exact) mass is 270 g/mol. The molecule has 0 saturated carbocycles. The fourth-order valence-electron chi connectivity index (χ4n) is 1.52. The highest BCUT2D eigenvalue weighted by molar-refractivity contribution is 5.42. The topological polar surface area (TPSA) is 57.2 Å². The van der Waals surface area contributed by atoms with Crippen molar-refractivity contribution in [1.29, 1.82) is 0 Å². The van der Waals surface area contributed by atoms with Gasteiger partial charge in [0.1, 0.15) is 0 Å². The van der Waals surface area contributed by atoms with Gasteiger partial charge in [-0.15, -0.1) is 0 Å². The zero-order chi connectivity index (χ0) is 13.9. The molecule has 1 aromatic carbocycles. The number of hydrogen-bond donors (Lipinski definition) is 1. The summed E-state index contributed by atoms with van der Waals surface area (Å²) >= 11 is 0. The van der Waals surface area contributed by atoms with Gasteiger partial charge in [-0.25, -0.2) is 0 Å². The van der Waals surface area contributed by atoms with E-state index < -0.39 is 0 Å². The van der Waals surface area contributed by atoms with Gasteiger partial charge in [0.15, 0.2) is 11.5 Å². The predicted octanol–water partition coefficient (Wildman–Crippen LogP) is 1.62. The van der Waals surface area contributed by atoms with Crippen molar-refractivity contribution in [1.82, 2.24) is 0 Å². The number of methoxy groups -OCH3 is 2. The number of benzene rings is 1. The molecule has 0 saturated heterocycles. The summed E-state index contributed by atoms with van der Waals surface area (Å²) in [7, 11) is 3.24. The number of aliphatic hydroxyl groups excluding tert-OH is 1. The molecule has 0 fully saturated rings. The summed E-state index contributed by atoms with van der Waals surface area (Å²) in [5, 5.41) is 9.09. The summed E-state index contributed by atoms with van der Waals surface area (Å²) in [5.74, 6) is 1.31. The van der Waals surface area contributed by atoms with E-state index in [2.05, 4.69) is 0 Å². The number of aliphatic hydroxyl groups is 1. The van der Waals surface area contributed by atoms with E-state index in [1.54, 1.807) is 32.4 Å². The molecule has 1 aromatic rings. The van der Waals surface area contributed by atoms with Crippen LogP contribution in [0.2, 0.25) is 0 Å². The summed E-state index contributed by atoms with van der Waals surface area (Å²) in [6.07, 6.45) is 0.788. The first-order valence-electron chi connectivity index (χ1n) is 6.29. The Kier molecular flexibility index (Phi) is 7.97. The molecule has 0 spiro atoms. The summed E-state index contributed by atoms with van der Waals surface area (Å²) in [5.41, 5.74) is 0.798. The molecule has 0 unspecified atom stereocenters. The van der Waals surface area contributed by atoms with Crippen LogP contribution in [0.4, 0.5) is 0 Å². The smallest absolute Gasteiger partial charge is 0.161 e. The van der Waals surface area contributed by atoms with E-state index in [4.69, 9.17) is 24.1 Å². The van der Waals surface area contributed by atoms with Crippen molar-refractivity contribution >= 4 is 0 Å². The van der Waals surface area contributed by atoms with Gasteiger partial charge in [0.2, 0.25) is 0 Å². The van der Waals surface area contributed by atoms with Crippen LogP contribution < -0.4 is 9.47 Å². The van der Waals surface area contributed by atoms with Crippen LogP contribution in [0.3, 0.4) is 0 Å². The second-order valence-electron chi connectivity index (χ2n) is 3.95. The van der Waals surface area contributed by atoms with Crippen molar-refractivity contribution in [3.8, 4) is 11.5 Å². The van der Waals surface area contributed by atoms with Crippen LogP contribution in [0.25, 0.3) is 0 Å². The van der Waals surface area contributed by atoms with Gasteiger partial charge < -0.3 is 24.1 Å². The summed E-state index contributed by atoms with van der Waals surface area (Å²) in [6, 6.07) is 5.38. The average Bonchev–Trinajstić information content (AvgIpc) is 2.46. The highest BCUT2D eigenvalue weighted by Crippen LogP contribution is 2.28. The van der Waals surface area contributed by atoms with Gasteiger partial charge in [-0.2, -0.15) is 0 Å². The van der Waals surface area contributed by atoms with Crippen LogP contribution in [-0.4, -0.2) is 45.8 Å². The molecule has 108 valence electrons. The SMILES string of the molecule is COCCOCCCOc1cc(CO)ccc1OC. The Balaban J connectivity index is 2.31. The summed E-state index contributed by atoms with van der Waals surface area (Å²) in [4.78, 5) is 0. The van der Waals surface area contributed by atoms with Crippen LogP contribution in [-0.2, 0) is 16.1 Å². The van der Waals surface area contributed by atoms with Crippen molar-refractivity contribution < 1.29 is 24.1 Å². The molecule has 0 bridgehead atoms. The first-order valence-corrected chi connectivity index (χ1v) is 6.29. The Hall–Kier alpha value is -1.30. The van der Waals surface area contributed by atoms with Gasteiger partial charge in [-0.1, -0.05) is 6.07 Å². The second kappa shape index (κ2) is 9.61. The molecule has 5 heteroatoms. The lowest BCUT2D eigenvalue weighted by atomic mass is 10.2. The quantitative estimate of drug-likeness (QED) is 0.655. The maximum absolute atomic E-state index is 9.09. The van der Waals surface area contributed by atoms with E-state index >= 15 is 0 Å². The fraction of sp³-hybridized carbons (Fsp3) is 0.571. The first kappa shape index (κ1) is 15.8. The van der Waals surface area contributed by atoms with Crippen molar-refractivity contribution in [2.75, 3.05) is 40.6 Å². The van der Waals surface area contributed by atoms with Gasteiger partial charge in [0.05, 0.1) is 33.5 Å². The third kappa shape index (κ3) is 5.92. The molecule has 0 aliphatic heterocycles. The molecule has 0 atom stereocenters. The number of rotatable bonds is 10. The van der Waals surface area contributed by atoms with Crippen LogP contribution in [0.5, 0.6) is 11.5 Å². The van der Waals surface area contributed by atoms with Crippen molar-refractivity contribution in [2.45, 2.75) is 13.0 Å². The van der Waals surface area contributed by atoms with E-state index in [-0.39, 0.29) is 6.61 Å². The molecule has 0 aliphatic carbocycles. The standard InChI is InChI=1S/C14H22O5/c1-16-8-9-18-6-3-7-19-14-10-12(11-15)4-5-13(14)17-2/h4-5,10,15H,3,6-9,11H2,1-2H3. The minimum atomic E-state index is -0.0134. The maximum Gasteiger partial charge on any atom is 0.161 e. The molecule has 0 amide bonds. The van der Waals surface area contributed by atoms with Gasteiger partial charge in [-0.3, -0.25) is 0 Å². The number of hydrogen-bond acceptors (Lipinski definition) is 5. The minimum absolute atomic E-state index is 0.0134. The zero-order valence-electron chi connectivity index (χ0n) is 11.6. The van der Waals surface area contributed by atoms with E-state index in [0.29, 0.717) is 37.9 Å². The van der Waals surface area contributed by atoms with E-state index in [0.717, 1.165) is 12.0 Å². The Bertz CT molecular complexity index is 354. The minimum Gasteiger partial charge on any atom is -0.493 e. The molecule has 1 rings (SSSR count). The van der Waals surface area contributed by atoms with E-state index in [9.17, 15) is 0 Å². The van der Waals surface area contributed by atoms with Crippen molar-refractivity contribution in [2.24, 2.45) is 0 Å². The average molecular weight is 270 g/mol. The normalized spacial score (nSPS) is 10.5.